The van der Waals surface area contributed by atoms with E-state index in [-0.39, 0.29) is 6.04 Å². The first-order valence-electron chi connectivity index (χ1n) is 5.05. The molecule has 0 spiro atoms. The van der Waals surface area contributed by atoms with Crippen molar-refractivity contribution in [2.45, 2.75) is 13.0 Å². The highest BCUT2D eigenvalue weighted by molar-refractivity contribution is 6.67. The van der Waals surface area contributed by atoms with E-state index in [2.05, 4.69) is 9.98 Å². The minimum atomic E-state index is 0.223. The average Bonchev–Trinajstić information content (AvgIpc) is 2.60. The average molecular weight is 254 g/mol. The van der Waals surface area contributed by atoms with Gasteiger partial charge in [-0.3, -0.25) is 9.89 Å². The molecule has 82 valence electrons. The molecule has 16 heavy (non-hydrogen) atoms. The number of fused-ring (bicyclic) bond motifs is 3. The van der Waals surface area contributed by atoms with E-state index in [4.69, 9.17) is 23.2 Å². The number of nitrogens with zero attached hydrogens (tertiary/aromatic N) is 3. The summed E-state index contributed by atoms with van der Waals surface area (Å²) in [7, 11) is 0. The highest BCUT2D eigenvalue weighted by atomic mass is 35.5. The van der Waals surface area contributed by atoms with Crippen LogP contribution >= 0.6 is 23.2 Å². The molecule has 5 heteroatoms. The Hall–Kier alpha value is -1.06. The second-order valence-electron chi connectivity index (χ2n) is 3.93. The van der Waals surface area contributed by atoms with Crippen LogP contribution in [0.3, 0.4) is 0 Å². The van der Waals surface area contributed by atoms with E-state index in [9.17, 15) is 0 Å². The third kappa shape index (κ3) is 1.35. The van der Waals surface area contributed by atoms with Gasteiger partial charge in [-0.15, -0.1) is 0 Å². The van der Waals surface area contributed by atoms with Gasteiger partial charge >= 0.3 is 0 Å². The summed E-state index contributed by atoms with van der Waals surface area (Å²) in [4.78, 5) is 10.8. The molecule has 0 saturated carbocycles. The number of hydrogen-bond acceptors (Lipinski definition) is 3. The lowest BCUT2D eigenvalue weighted by Crippen LogP contribution is -2.35. The third-order valence-corrected chi connectivity index (χ3v) is 3.30. The van der Waals surface area contributed by atoms with Crippen molar-refractivity contribution >= 4 is 40.0 Å². The van der Waals surface area contributed by atoms with Gasteiger partial charge in [0.15, 0.2) is 0 Å². The highest BCUT2D eigenvalue weighted by Gasteiger charge is 2.32. The first-order chi connectivity index (χ1) is 7.66. The molecule has 0 N–H and O–H groups in total. The zero-order valence-corrected chi connectivity index (χ0v) is 10.1. The van der Waals surface area contributed by atoms with Gasteiger partial charge in [0, 0.05) is 6.54 Å². The topological polar surface area (TPSA) is 28.0 Å². The minimum absolute atomic E-state index is 0.223. The molecule has 2 aliphatic heterocycles. The lowest BCUT2D eigenvalue weighted by atomic mass is 10.1. The van der Waals surface area contributed by atoms with Gasteiger partial charge in [-0.2, -0.15) is 0 Å². The molecule has 0 amide bonds. The number of benzene rings is 1. The van der Waals surface area contributed by atoms with E-state index >= 15 is 0 Å². The largest absolute Gasteiger partial charge is 0.299 e. The molecule has 1 aromatic rings. The Morgan fingerprint density at radius 3 is 3.00 bits per heavy atom. The van der Waals surface area contributed by atoms with Gasteiger partial charge in [-0.1, -0.05) is 17.7 Å². The molecule has 0 aromatic heterocycles. The Morgan fingerprint density at radius 1 is 1.38 bits per heavy atom. The van der Waals surface area contributed by atoms with E-state index in [1.807, 2.05) is 30.0 Å². The number of rotatable bonds is 0. The van der Waals surface area contributed by atoms with Crippen LogP contribution in [0, 0.1) is 0 Å². The van der Waals surface area contributed by atoms with Crippen LogP contribution in [0.2, 0.25) is 5.02 Å². The molecule has 2 aliphatic rings. The fourth-order valence-electron chi connectivity index (χ4n) is 2.02. The molecule has 1 aromatic carbocycles. The predicted octanol–water partition coefficient (Wildman–Crippen LogP) is 3.03. The Labute approximate surface area is 103 Å². The van der Waals surface area contributed by atoms with E-state index in [0.717, 1.165) is 23.6 Å². The van der Waals surface area contributed by atoms with Crippen molar-refractivity contribution < 1.29 is 0 Å². The summed E-state index contributed by atoms with van der Waals surface area (Å²) >= 11 is 12.3. The zero-order valence-electron chi connectivity index (χ0n) is 8.61. The first-order valence-corrected chi connectivity index (χ1v) is 5.81. The molecular formula is C11H9Cl2N3. The maximum atomic E-state index is 6.18. The molecule has 3 nitrogen and oxygen atoms in total. The quantitative estimate of drug-likeness (QED) is 0.654. The SMILES string of the molecule is C[C@@H]1CN2C(Cl)=Nc3cccc(Cl)c3C2=N1. The van der Waals surface area contributed by atoms with Crippen LogP contribution < -0.4 is 0 Å². The Balaban J connectivity index is 2.27. The zero-order chi connectivity index (χ0) is 11.3. The summed E-state index contributed by atoms with van der Waals surface area (Å²) < 4.78 is 0. The molecule has 0 aliphatic carbocycles. The monoisotopic (exact) mass is 253 g/mol. The van der Waals surface area contributed by atoms with E-state index < -0.39 is 0 Å². The lowest BCUT2D eigenvalue weighted by molar-refractivity contribution is 0.604. The summed E-state index contributed by atoms with van der Waals surface area (Å²) in [6.45, 7) is 2.81. The second-order valence-corrected chi connectivity index (χ2v) is 4.67. The molecule has 0 radical (unpaired) electrons. The fraction of sp³-hybridized carbons (Fsp3) is 0.273. The number of amidine groups is 2. The van der Waals surface area contributed by atoms with Crippen molar-refractivity contribution in [1.82, 2.24) is 4.90 Å². The maximum absolute atomic E-state index is 6.18. The Morgan fingerprint density at radius 2 is 2.19 bits per heavy atom. The Bertz CT molecular complexity index is 522. The molecule has 2 heterocycles. The molecule has 0 unspecified atom stereocenters. The molecule has 0 bridgehead atoms. The van der Waals surface area contributed by atoms with Crippen LogP contribution in [-0.2, 0) is 0 Å². The molecule has 3 rings (SSSR count). The Kier molecular flexibility index (Phi) is 2.19. The summed E-state index contributed by atoms with van der Waals surface area (Å²) in [5.74, 6) is 0.841. The van der Waals surface area contributed by atoms with Crippen LogP contribution in [0.5, 0.6) is 0 Å². The van der Waals surface area contributed by atoms with E-state index in [0.29, 0.717) is 10.3 Å². The van der Waals surface area contributed by atoms with Crippen LogP contribution in [0.1, 0.15) is 12.5 Å². The van der Waals surface area contributed by atoms with Gasteiger partial charge in [0.2, 0.25) is 5.29 Å². The fourth-order valence-corrected chi connectivity index (χ4v) is 2.51. The van der Waals surface area contributed by atoms with Crippen molar-refractivity contribution in [3.63, 3.8) is 0 Å². The van der Waals surface area contributed by atoms with Crippen molar-refractivity contribution in [3.8, 4) is 0 Å². The van der Waals surface area contributed by atoms with Crippen LogP contribution in [0.15, 0.2) is 28.2 Å². The maximum Gasteiger partial charge on any atom is 0.204 e. The van der Waals surface area contributed by atoms with E-state index in [1.165, 1.54) is 0 Å². The van der Waals surface area contributed by atoms with Crippen LogP contribution in [-0.4, -0.2) is 28.6 Å². The minimum Gasteiger partial charge on any atom is -0.299 e. The van der Waals surface area contributed by atoms with Crippen molar-refractivity contribution in [1.29, 1.82) is 0 Å². The van der Waals surface area contributed by atoms with E-state index in [1.54, 1.807) is 0 Å². The van der Waals surface area contributed by atoms with Gasteiger partial charge in [-0.05, 0) is 30.7 Å². The third-order valence-electron chi connectivity index (χ3n) is 2.70. The van der Waals surface area contributed by atoms with Gasteiger partial charge in [0.05, 0.1) is 22.3 Å². The smallest absolute Gasteiger partial charge is 0.204 e. The molecule has 0 fully saturated rings. The summed E-state index contributed by atoms with van der Waals surface area (Å²) in [6, 6.07) is 5.83. The summed E-state index contributed by atoms with van der Waals surface area (Å²) in [5.41, 5.74) is 1.68. The van der Waals surface area contributed by atoms with Crippen molar-refractivity contribution in [3.05, 3.63) is 28.8 Å². The lowest BCUT2D eigenvalue weighted by Gasteiger charge is -2.24. The van der Waals surface area contributed by atoms with Crippen LogP contribution in [0.4, 0.5) is 5.69 Å². The summed E-state index contributed by atoms with van der Waals surface area (Å²) in [6.07, 6.45) is 0. The number of hydrogen-bond donors (Lipinski definition) is 0. The normalized spacial score (nSPS) is 22.4. The summed E-state index contributed by atoms with van der Waals surface area (Å²) in [5, 5.41) is 1.14. The van der Waals surface area contributed by atoms with Crippen molar-refractivity contribution in [2.24, 2.45) is 9.98 Å². The van der Waals surface area contributed by atoms with Gasteiger partial charge in [0.1, 0.15) is 5.84 Å². The second kappa shape index (κ2) is 3.47. The molecule has 1 atom stereocenters. The number of halogens is 2. The van der Waals surface area contributed by atoms with Crippen LogP contribution in [0.25, 0.3) is 0 Å². The molecule has 0 saturated heterocycles. The van der Waals surface area contributed by atoms with Crippen molar-refractivity contribution in [2.75, 3.05) is 6.54 Å². The number of aliphatic imine (C=N–C) groups is 2. The molecular weight excluding hydrogens is 245 g/mol. The highest BCUT2D eigenvalue weighted by Crippen LogP contribution is 2.35. The van der Waals surface area contributed by atoms with Gasteiger partial charge < -0.3 is 0 Å². The standard InChI is InChI=1S/C11H9Cl2N3/c1-6-5-16-10(14-6)9-7(12)3-2-4-8(9)15-11(16)13/h2-4,6H,5H2,1H3/t6-/m1/s1. The first kappa shape index (κ1) is 10.1. The van der Waals surface area contributed by atoms with Gasteiger partial charge in [0.25, 0.3) is 0 Å². The predicted molar refractivity (Wildman–Crippen MR) is 67.1 cm³/mol. The van der Waals surface area contributed by atoms with Gasteiger partial charge in [-0.25, -0.2) is 4.99 Å².